The fraction of sp³-hybridized carbons (Fsp3) is 0.344. The first-order valence-electron chi connectivity index (χ1n) is 14.6. The van der Waals surface area contributed by atoms with E-state index < -0.39 is 39.9 Å². The van der Waals surface area contributed by atoms with E-state index in [9.17, 15) is 23.5 Å². The molecule has 0 radical (unpaired) electrons. The highest BCUT2D eigenvalue weighted by atomic mass is 35.5. The number of aliphatic hydroxyl groups is 1. The molecule has 0 bridgehead atoms. The Labute approximate surface area is 272 Å². The summed E-state index contributed by atoms with van der Waals surface area (Å²) in [5.74, 6) is 4.09. The number of aromatic nitrogens is 6. The van der Waals surface area contributed by atoms with Crippen LogP contribution >= 0.6 is 11.6 Å². The zero-order valence-corrected chi connectivity index (χ0v) is 26.1. The number of nitrogens with zero attached hydrogens (tertiary/aromatic N) is 7. The van der Waals surface area contributed by atoms with Crippen LogP contribution in [-0.2, 0) is 11.2 Å². The van der Waals surface area contributed by atoms with Gasteiger partial charge in [0.15, 0.2) is 11.5 Å². The molecule has 1 aliphatic heterocycles. The van der Waals surface area contributed by atoms with Gasteiger partial charge in [-0.2, -0.15) is 5.10 Å². The van der Waals surface area contributed by atoms with Crippen LogP contribution < -0.4 is 10.2 Å². The molecular weight excluding hydrogens is 637 g/mol. The first-order chi connectivity index (χ1) is 22.3. The third-order valence-corrected chi connectivity index (χ3v) is 8.25. The van der Waals surface area contributed by atoms with E-state index in [1.807, 2.05) is 6.92 Å². The Balaban J connectivity index is 1.23. The van der Waals surface area contributed by atoms with Crippen molar-refractivity contribution in [2.45, 2.75) is 51.7 Å². The number of alkyl halides is 2. The number of fused-ring (bicyclic) bond motifs is 1. The van der Waals surface area contributed by atoms with Crippen molar-refractivity contribution in [2.75, 3.05) is 16.8 Å². The molecule has 1 fully saturated rings. The lowest BCUT2D eigenvalue weighted by atomic mass is 9.99. The summed E-state index contributed by atoms with van der Waals surface area (Å²) in [5, 5.41) is 17.0. The standard InChI is InChI=1S/C32H28ClF3N8O3/c1-16(18-10-38-31(39-11-18)43-14-17-5-4-6-20(17)30(43)46)44-15-19(12-40-44)41-29(45)27-23(9-32(2,3)47)37-13-24(42-27)25-21(28(35)36)7-8-22(33)26(25)34/h7-8,10-13,15-17,20,28,47H,5,9,14H2,1-3H3,(H,41,45)/t16-,17+,20+/m0/s1. The molecule has 4 heterocycles. The summed E-state index contributed by atoms with van der Waals surface area (Å²) < 4.78 is 44.2. The lowest BCUT2D eigenvalue weighted by molar-refractivity contribution is -0.119. The van der Waals surface area contributed by atoms with Gasteiger partial charge in [0.2, 0.25) is 11.9 Å². The van der Waals surface area contributed by atoms with Crippen molar-refractivity contribution in [3.8, 4) is 23.1 Å². The summed E-state index contributed by atoms with van der Waals surface area (Å²) in [6.45, 7) is 5.35. The lowest BCUT2D eigenvalue weighted by Gasteiger charge is -2.19. The summed E-state index contributed by atoms with van der Waals surface area (Å²) >= 11 is 5.88. The Morgan fingerprint density at radius 1 is 1.19 bits per heavy atom. The second-order valence-electron chi connectivity index (χ2n) is 12.0. The average Bonchev–Trinajstić information content (AvgIpc) is 3.76. The van der Waals surface area contributed by atoms with Crippen LogP contribution in [0.4, 0.5) is 24.8 Å². The Kier molecular flexibility index (Phi) is 8.46. The van der Waals surface area contributed by atoms with Gasteiger partial charge in [-0.25, -0.2) is 28.1 Å². The first kappa shape index (κ1) is 32.1. The zero-order valence-electron chi connectivity index (χ0n) is 25.4. The molecule has 2 amide bonds. The van der Waals surface area contributed by atoms with Gasteiger partial charge in [-0.05, 0) is 26.8 Å². The minimum atomic E-state index is -3.06. The number of anilines is 2. The molecule has 3 atom stereocenters. The maximum Gasteiger partial charge on any atom is 0.276 e. The van der Waals surface area contributed by atoms with Crippen molar-refractivity contribution in [3.05, 3.63) is 76.5 Å². The van der Waals surface area contributed by atoms with Gasteiger partial charge in [-0.15, -0.1) is 5.92 Å². The summed E-state index contributed by atoms with van der Waals surface area (Å²) in [5.41, 5.74) is -2.18. The zero-order chi connectivity index (χ0) is 33.6. The lowest BCUT2D eigenvalue weighted by Crippen LogP contribution is -2.28. The van der Waals surface area contributed by atoms with Gasteiger partial charge in [0.25, 0.3) is 12.3 Å². The normalized spacial score (nSPS) is 17.9. The van der Waals surface area contributed by atoms with E-state index in [4.69, 9.17) is 11.6 Å². The van der Waals surface area contributed by atoms with Crippen LogP contribution in [0.3, 0.4) is 0 Å². The number of halogens is 4. The summed E-state index contributed by atoms with van der Waals surface area (Å²) in [6.07, 6.45) is 4.72. The highest BCUT2D eigenvalue weighted by Crippen LogP contribution is 2.36. The predicted molar refractivity (Wildman–Crippen MR) is 165 cm³/mol. The molecule has 1 aliphatic carbocycles. The van der Waals surface area contributed by atoms with Gasteiger partial charge >= 0.3 is 0 Å². The van der Waals surface area contributed by atoms with Crippen LogP contribution in [0.15, 0.2) is 43.1 Å². The van der Waals surface area contributed by atoms with Crippen LogP contribution in [-0.4, -0.2) is 58.8 Å². The fourth-order valence-corrected chi connectivity index (χ4v) is 5.71. The van der Waals surface area contributed by atoms with Crippen molar-refractivity contribution in [1.29, 1.82) is 0 Å². The van der Waals surface area contributed by atoms with Crippen LogP contribution in [0.1, 0.15) is 67.0 Å². The van der Waals surface area contributed by atoms with E-state index >= 15 is 4.39 Å². The second kappa shape index (κ2) is 12.4. The Hall–Kier alpha value is -4.87. The van der Waals surface area contributed by atoms with Crippen molar-refractivity contribution in [1.82, 2.24) is 29.7 Å². The van der Waals surface area contributed by atoms with Crippen molar-refractivity contribution < 1.29 is 27.9 Å². The monoisotopic (exact) mass is 664 g/mol. The molecule has 1 aromatic carbocycles. The minimum absolute atomic E-state index is 0.0601. The van der Waals surface area contributed by atoms with E-state index in [-0.39, 0.29) is 53.0 Å². The summed E-state index contributed by atoms with van der Waals surface area (Å²) in [6, 6.07) is 1.62. The van der Waals surface area contributed by atoms with Crippen molar-refractivity contribution >= 4 is 35.1 Å². The largest absolute Gasteiger partial charge is 0.390 e. The smallest absolute Gasteiger partial charge is 0.276 e. The van der Waals surface area contributed by atoms with E-state index in [2.05, 4.69) is 42.2 Å². The van der Waals surface area contributed by atoms with E-state index in [1.165, 1.54) is 20.0 Å². The van der Waals surface area contributed by atoms with Crippen LogP contribution in [0.25, 0.3) is 11.3 Å². The first-order valence-corrected chi connectivity index (χ1v) is 15.0. The number of hydrogen-bond donors (Lipinski definition) is 2. The van der Waals surface area contributed by atoms with Crippen LogP contribution in [0.2, 0.25) is 5.02 Å². The third-order valence-electron chi connectivity index (χ3n) is 7.96. The number of carbonyl (C=O) groups is 2. The molecule has 47 heavy (non-hydrogen) atoms. The number of nitrogens with one attached hydrogen (secondary N) is 1. The van der Waals surface area contributed by atoms with Crippen LogP contribution in [0, 0.1) is 29.5 Å². The molecular formula is C32H28ClF3N8O3. The average molecular weight is 665 g/mol. The molecule has 11 nitrogen and oxygen atoms in total. The fourth-order valence-electron chi connectivity index (χ4n) is 5.55. The van der Waals surface area contributed by atoms with Crippen molar-refractivity contribution in [2.24, 2.45) is 11.8 Å². The summed E-state index contributed by atoms with van der Waals surface area (Å²) in [4.78, 5) is 45.0. The highest BCUT2D eigenvalue weighted by molar-refractivity contribution is 6.31. The maximum absolute atomic E-state index is 15.0. The Morgan fingerprint density at radius 2 is 1.94 bits per heavy atom. The van der Waals surface area contributed by atoms with Gasteiger partial charge in [0.05, 0.1) is 46.1 Å². The second-order valence-corrected chi connectivity index (χ2v) is 12.4. The summed E-state index contributed by atoms with van der Waals surface area (Å²) in [7, 11) is 0. The van der Waals surface area contributed by atoms with Gasteiger partial charge in [0, 0.05) is 60.6 Å². The van der Waals surface area contributed by atoms with E-state index in [0.29, 0.717) is 24.5 Å². The highest BCUT2D eigenvalue weighted by Gasteiger charge is 2.42. The quantitative estimate of drug-likeness (QED) is 0.238. The molecule has 0 saturated carbocycles. The van der Waals surface area contributed by atoms with Gasteiger partial charge < -0.3 is 10.4 Å². The number of carbonyl (C=O) groups excluding carboxylic acids is 2. The molecule has 242 valence electrons. The molecule has 4 aromatic rings. The topological polar surface area (TPSA) is 139 Å². The van der Waals surface area contributed by atoms with Gasteiger partial charge in [-0.3, -0.25) is 24.2 Å². The maximum atomic E-state index is 15.0. The number of amides is 2. The van der Waals surface area contributed by atoms with Crippen LogP contribution in [0.5, 0.6) is 0 Å². The molecule has 2 aliphatic rings. The van der Waals surface area contributed by atoms with Crippen molar-refractivity contribution in [3.63, 3.8) is 0 Å². The SMILES string of the molecule is C[C@@H](c1cnc(N2C[C@H]3CC#C[C@H]3C2=O)nc1)n1cc(NC(=O)c2nc(-c3c(C(F)F)ccc(Cl)c3F)cnc2CC(C)(C)O)cn1. The third kappa shape index (κ3) is 6.41. The molecule has 1 saturated heterocycles. The van der Waals surface area contributed by atoms with Gasteiger partial charge in [0.1, 0.15) is 5.92 Å². The Bertz CT molecular complexity index is 1930. The molecule has 0 spiro atoms. The molecule has 6 rings (SSSR count). The van der Waals surface area contributed by atoms with E-state index in [0.717, 1.165) is 18.3 Å². The predicted octanol–water partition coefficient (Wildman–Crippen LogP) is 5.02. The number of benzene rings is 1. The minimum Gasteiger partial charge on any atom is -0.390 e. The number of hydrogen-bond acceptors (Lipinski definition) is 8. The molecule has 2 N–H and O–H groups in total. The molecule has 15 heteroatoms. The Morgan fingerprint density at radius 3 is 2.62 bits per heavy atom. The molecule has 0 unspecified atom stereocenters. The molecule has 3 aromatic heterocycles. The van der Waals surface area contributed by atoms with Gasteiger partial charge in [-0.1, -0.05) is 23.6 Å². The number of rotatable bonds is 9. The van der Waals surface area contributed by atoms with E-state index in [1.54, 1.807) is 28.2 Å².